The summed E-state index contributed by atoms with van der Waals surface area (Å²) in [6, 6.07) is 13.9. The number of carbonyl (C=O) groups excluding carboxylic acids is 3. The summed E-state index contributed by atoms with van der Waals surface area (Å²) < 4.78 is 11.7. The summed E-state index contributed by atoms with van der Waals surface area (Å²) in [4.78, 5) is 44.2. The average Bonchev–Trinajstić information content (AvgIpc) is 3.38. The number of fused-ring (bicyclic) bond motifs is 2. The highest BCUT2D eigenvalue weighted by Crippen LogP contribution is 2.31. The molecule has 1 aromatic heterocycles. The maximum Gasteiger partial charge on any atom is 0.325 e. The van der Waals surface area contributed by atoms with Crippen LogP contribution < -0.4 is 14.8 Å². The minimum atomic E-state index is -0.707. The lowest BCUT2D eigenvalue weighted by Crippen LogP contribution is -2.48. The average molecular weight is 463 g/mol. The predicted octanol–water partition coefficient (Wildman–Crippen LogP) is 2.32. The van der Waals surface area contributed by atoms with Crippen molar-refractivity contribution in [3.63, 3.8) is 0 Å². The Bertz CT molecular complexity index is 1240. The number of nitrogens with zero attached hydrogens (tertiary/aromatic N) is 2. The van der Waals surface area contributed by atoms with Crippen molar-refractivity contribution in [2.45, 2.75) is 25.5 Å². The number of hydrogen-bond donors (Lipinski definition) is 2. The molecule has 1 fully saturated rings. The number of urea groups is 1. The number of amides is 4. The number of aromatic amines is 1. The van der Waals surface area contributed by atoms with Crippen LogP contribution in [0.25, 0.3) is 10.9 Å². The largest absolute Gasteiger partial charge is 0.486 e. The second-order valence-corrected chi connectivity index (χ2v) is 8.42. The highest BCUT2D eigenvalue weighted by molar-refractivity contribution is 6.06. The van der Waals surface area contributed by atoms with Crippen LogP contribution in [-0.4, -0.2) is 71.0 Å². The van der Waals surface area contributed by atoms with Crippen molar-refractivity contribution in [2.24, 2.45) is 0 Å². The van der Waals surface area contributed by atoms with Crippen LogP contribution in [0.1, 0.15) is 12.5 Å². The van der Waals surface area contributed by atoms with Gasteiger partial charge >= 0.3 is 6.03 Å². The van der Waals surface area contributed by atoms with Gasteiger partial charge in [0.2, 0.25) is 5.91 Å². The molecule has 4 amide bonds. The molecule has 0 radical (unpaired) electrons. The Morgan fingerprint density at radius 2 is 1.88 bits per heavy atom. The number of para-hydroxylation sites is 3. The quantitative estimate of drug-likeness (QED) is 0.525. The van der Waals surface area contributed by atoms with Gasteiger partial charge in [-0.3, -0.25) is 14.5 Å². The Morgan fingerprint density at radius 3 is 2.71 bits per heavy atom. The molecule has 0 saturated carbocycles. The molecule has 0 spiro atoms. The number of benzene rings is 2. The molecule has 1 saturated heterocycles. The lowest BCUT2D eigenvalue weighted by Gasteiger charge is -2.31. The van der Waals surface area contributed by atoms with E-state index in [4.69, 9.17) is 9.47 Å². The lowest BCUT2D eigenvalue weighted by atomic mass is 10.1. The number of hydrogen-bond acceptors (Lipinski definition) is 5. The Balaban J connectivity index is 1.21. The van der Waals surface area contributed by atoms with Gasteiger partial charge in [0.15, 0.2) is 17.6 Å². The third-order valence-electron chi connectivity index (χ3n) is 6.23. The van der Waals surface area contributed by atoms with Crippen LogP contribution in [0.2, 0.25) is 0 Å². The maximum atomic E-state index is 13.0. The highest BCUT2D eigenvalue weighted by atomic mass is 16.6. The number of nitrogens with one attached hydrogen (secondary N) is 2. The van der Waals surface area contributed by atoms with E-state index >= 15 is 0 Å². The fraction of sp³-hybridized carbons (Fsp3) is 0.320. The van der Waals surface area contributed by atoms with Crippen molar-refractivity contribution in [1.29, 1.82) is 0 Å². The van der Waals surface area contributed by atoms with E-state index < -0.39 is 18.0 Å². The summed E-state index contributed by atoms with van der Waals surface area (Å²) in [6.07, 6.45) is 1.86. The molecule has 9 nitrogen and oxygen atoms in total. The van der Waals surface area contributed by atoms with Gasteiger partial charge in [0, 0.05) is 30.1 Å². The summed E-state index contributed by atoms with van der Waals surface area (Å²) in [6.45, 7) is 2.57. The zero-order chi connectivity index (χ0) is 23.7. The molecule has 3 heterocycles. The minimum absolute atomic E-state index is 0.298. The van der Waals surface area contributed by atoms with Crippen LogP contribution in [0.4, 0.5) is 4.79 Å². The summed E-state index contributed by atoms with van der Waals surface area (Å²) in [5, 5.41) is 3.73. The van der Waals surface area contributed by atoms with Gasteiger partial charge < -0.3 is 24.7 Å². The van der Waals surface area contributed by atoms with Crippen molar-refractivity contribution in [3.8, 4) is 11.5 Å². The van der Waals surface area contributed by atoms with Crippen LogP contribution in [0.3, 0.4) is 0 Å². The van der Waals surface area contributed by atoms with Gasteiger partial charge in [0.1, 0.15) is 19.2 Å². The number of rotatable bonds is 7. The predicted molar refractivity (Wildman–Crippen MR) is 125 cm³/mol. The van der Waals surface area contributed by atoms with Gasteiger partial charge in [-0.05, 0) is 30.7 Å². The van der Waals surface area contributed by atoms with Gasteiger partial charge in [0.05, 0.1) is 6.54 Å². The van der Waals surface area contributed by atoms with Crippen molar-refractivity contribution in [3.05, 3.63) is 60.3 Å². The van der Waals surface area contributed by atoms with E-state index in [0.29, 0.717) is 37.6 Å². The highest BCUT2D eigenvalue weighted by Gasteiger charge is 2.40. The van der Waals surface area contributed by atoms with Crippen LogP contribution in [0.5, 0.6) is 11.5 Å². The summed E-state index contributed by atoms with van der Waals surface area (Å²) in [5.41, 5.74) is 1.91. The van der Waals surface area contributed by atoms with Crippen molar-refractivity contribution < 1.29 is 23.9 Å². The second kappa shape index (κ2) is 9.09. The van der Waals surface area contributed by atoms with E-state index in [1.54, 1.807) is 4.90 Å². The van der Waals surface area contributed by atoms with E-state index in [-0.39, 0.29) is 18.6 Å². The molecule has 0 aliphatic carbocycles. The molecular weight excluding hydrogens is 436 g/mol. The van der Waals surface area contributed by atoms with E-state index in [0.717, 1.165) is 21.4 Å². The van der Waals surface area contributed by atoms with Crippen LogP contribution >= 0.6 is 0 Å². The first kappa shape index (κ1) is 21.8. The number of likely N-dealkylation sites (N-methyl/N-ethyl adjacent to an activating group) is 1. The minimum Gasteiger partial charge on any atom is -0.486 e. The smallest absolute Gasteiger partial charge is 0.325 e. The summed E-state index contributed by atoms with van der Waals surface area (Å²) in [7, 11) is 0. The first-order valence-corrected chi connectivity index (χ1v) is 11.4. The molecule has 3 aromatic rings. The Labute approximate surface area is 196 Å². The van der Waals surface area contributed by atoms with Gasteiger partial charge in [-0.2, -0.15) is 0 Å². The molecule has 34 heavy (non-hydrogen) atoms. The standard InChI is InChI=1S/C25H26N4O5/c1-2-28(13-17-15-33-21-9-5-6-10-22(21)34-17)23(30)14-29-24(31)20(27-25(29)32)11-16-12-26-19-8-4-3-7-18(16)19/h3-10,12,17,20,26H,2,11,13-15H2,1H3,(H,27,32)/t17-,20-/m1/s1. The molecule has 2 atom stereocenters. The van der Waals surface area contributed by atoms with Crippen molar-refractivity contribution >= 4 is 28.7 Å². The number of H-pyrrole nitrogens is 1. The lowest BCUT2D eigenvalue weighted by molar-refractivity contribution is -0.138. The van der Waals surface area contributed by atoms with Gasteiger partial charge in [-0.15, -0.1) is 0 Å². The molecule has 2 aromatic carbocycles. The third-order valence-corrected chi connectivity index (χ3v) is 6.23. The first-order valence-electron chi connectivity index (χ1n) is 11.4. The molecule has 2 aliphatic heterocycles. The molecular formula is C25H26N4O5. The number of carbonyl (C=O) groups is 3. The Kier molecular flexibility index (Phi) is 5.83. The molecule has 9 heteroatoms. The number of ether oxygens (including phenoxy) is 2. The summed E-state index contributed by atoms with van der Waals surface area (Å²) in [5.74, 6) is 0.595. The molecule has 2 N–H and O–H groups in total. The van der Waals surface area contributed by atoms with Crippen molar-refractivity contribution in [2.75, 3.05) is 26.2 Å². The van der Waals surface area contributed by atoms with Crippen molar-refractivity contribution in [1.82, 2.24) is 20.1 Å². The topological polar surface area (TPSA) is 104 Å². The zero-order valence-corrected chi connectivity index (χ0v) is 18.8. The van der Waals surface area contributed by atoms with E-state index in [1.807, 2.05) is 61.7 Å². The normalized spacial score (nSPS) is 19.4. The second-order valence-electron chi connectivity index (χ2n) is 8.42. The number of aromatic nitrogens is 1. The SMILES string of the molecule is CCN(C[C@@H]1COc2ccccc2O1)C(=O)CN1C(=O)N[C@H](Cc2c[nH]c3ccccc23)C1=O. The van der Waals surface area contributed by atoms with Crippen LogP contribution in [0.15, 0.2) is 54.7 Å². The fourth-order valence-corrected chi connectivity index (χ4v) is 4.43. The Hall–Kier alpha value is -4.01. The number of imide groups is 1. The fourth-order valence-electron chi connectivity index (χ4n) is 4.43. The van der Waals surface area contributed by atoms with Crippen LogP contribution in [-0.2, 0) is 16.0 Å². The van der Waals surface area contributed by atoms with Gasteiger partial charge in [-0.25, -0.2) is 4.79 Å². The molecule has 0 unspecified atom stereocenters. The first-order chi connectivity index (χ1) is 16.5. The van der Waals surface area contributed by atoms with Crippen LogP contribution in [0, 0.1) is 0 Å². The monoisotopic (exact) mass is 462 g/mol. The van der Waals surface area contributed by atoms with E-state index in [2.05, 4.69) is 10.3 Å². The third kappa shape index (κ3) is 4.16. The molecule has 5 rings (SSSR count). The van der Waals surface area contributed by atoms with Gasteiger partial charge in [-0.1, -0.05) is 30.3 Å². The van der Waals surface area contributed by atoms with E-state index in [9.17, 15) is 14.4 Å². The molecule has 176 valence electrons. The van der Waals surface area contributed by atoms with E-state index in [1.165, 1.54) is 0 Å². The summed E-state index contributed by atoms with van der Waals surface area (Å²) >= 11 is 0. The van der Waals surface area contributed by atoms with Gasteiger partial charge in [0.25, 0.3) is 5.91 Å². The zero-order valence-electron chi connectivity index (χ0n) is 18.8. The maximum absolute atomic E-state index is 13.0. The molecule has 2 aliphatic rings. The molecule has 0 bridgehead atoms. The Morgan fingerprint density at radius 1 is 1.12 bits per heavy atom.